The zero-order valence-corrected chi connectivity index (χ0v) is 24.6. The molecule has 5 atom stereocenters. The first kappa shape index (κ1) is 29.9. The number of nitrogens with one attached hydrogen (secondary N) is 1. The summed E-state index contributed by atoms with van der Waals surface area (Å²) in [6, 6.07) is 8.29. The van der Waals surface area contributed by atoms with E-state index in [-0.39, 0.29) is 28.1 Å². The molecule has 1 amide bonds. The Hall–Kier alpha value is -2.59. The second kappa shape index (κ2) is 11.2. The Morgan fingerprint density at radius 3 is 2.37 bits per heavy atom. The minimum Gasteiger partial charge on any atom is -0.387 e. The molecule has 2 aromatic rings. The van der Waals surface area contributed by atoms with Gasteiger partial charge < -0.3 is 20.4 Å². The number of hydrogen-bond acceptors (Lipinski definition) is 11. The van der Waals surface area contributed by atoms with Crippen molar-refractivity contribution in [2.24, 2.45) is 4.99 Å². The highest BCUT2D eigenvalue weighted by Gasteiger charge is 2.52. The summed E-state index contributed by atoms with van der Waals surface area (Å²) < 4.78 is 33.3. The van der Waals surface area contributed by atoms with Gasteiger partial charge in [-0.25, -0.2) is 23.4 Å². The van der Waals surface area contributed by atoms with E-state index < -0.39 is 56.4 Å². The van der Waals surface area contributed by atoms with Gasteiger partial charge >= 0.3 is 0 Å². The summed E-state index contributed by atoms with van der Waals surface area (Å²) in [6.07, 6.45) is -2.87. The standard InChI is InChI=1S/C25H30Cl2N6O7S/c1-14(34)25(27)29-22(30-31-10-8-17(9-11-31)41(38,39)16-6-4-3-5-7-16)19-23(33(25)15(2)35)32(13-28-19)24-21(37)20(36)18(12-26)40-24/h3-7,13,17-18,20-21,24,36-37H,8-12H2,1-2H3,(H,29,30)/t18-,20?,21?,24-,25?/m1/s1. The molecule has 0 radical (unpaired) electrons. The molecule has 0 saturated carbocycles. The number of fused-ring (bicyclic) bond motifs is 1. The van der Waals surface area contributed by atoms with E-state index in [1.165, 1.54) is 24.7 Å². The third-order valence-electron chi connectivity index (χ3n) is 7.50. The number of halogens is 2. The Morgan fingerprint density at radius 1 is 1.15 bits per heavy atom. The van der Waals surface area contributed by atoms with Crippen molar-refractivity contribution >= 4 is 56.4 Å². The first-order chi connectivity index (χ1) is 19.4. The molecule has 2 saturated heterocycles. The Bertz CT molecular complexity index is 1460. The molecule has 13 nitrogen and oxygen atoms in total. The molecule has 222 valence electrons. The van der Waals surface area contributed by atoms with E-state index in [2.05, 4.69) is 15.4 Å². The number of carbonyl (C=O) groups is 2. The topological polar surface area (TPSA) is 167 Å². The van der Waals surface area contributed by atoms with Crippen molar-refractivity contribution in [2.75, 3.05) is 23.9 Å². The van der Waals surface area contributed by atoms with Gasteiger partial charge in [-0.2, -0.15) is 0 Å². The monoisotopic (exact) mass is 628 g/mol. The lowest BCUT2D eigenvalue weighted by atomic mass is 10.1. The van der Waals surface area contributed by atoms with Crippen LogP contribution in [0.1, 0.15) is 38.6 Å². The summed E-state index contributed by atoms with van der Waals surface area (Å²) in [6.45, 7) is 3.04. The number of ether oxygens (including phenoxy) is 1. The number of anilines is 1. The van der Waals surface area contributed by atoms with Crippen LogP contribution in [0, 0.1) is 0 Å². The molecule has 3 aliphatic heterocycles. The van der Waals surface area contributed by atoms with E-state index in [1.807, 2.05) is 0 Å². The average Bonchev–Trinajstić information content (AvgIpc) is 3.49. The van der Waals surface area contributed by atoms with Crippen LogP contribution in [0.15, 0.2) is 46.5 Å². The van der Waals surface area contributed by atoms with Gasteiger partial charge in [0.1, 0.15) is 24.0 Å². The number of alkyl halides is 2. The number of hydrogen-bond donors (Lipinski definition) is 3. The number of imidazole rings is 1. The van der Waals surface area contributed by atoms with Crippen LogP contribution in [0.2, 0.25) is 0 Å². The number of aliphatic hydroxyl groups is 2. The molecular formula is C25H30Cl2N6O7S. The van der Waals surface area contributed by atoms with E-state index in [4.69, 9.17) is 27.9 Å². The Balaban J connectivity index is 1.45. The molecule has 0 spiro atoms. The maximum absolute atomic E-state index is 13.1. The number of aromatic nitrogens is 2. The van der Waals surface area contributed by atoms with Gasteiger partial charge in [-0.05, 0) is 25.0 Å². The van der Waals surface area contributed by atoms with Crippen molar-refractivity contribution in [2.45, 2.75) is 66.5 Å². The molecule has 2 fully saturated rings. The lowest BCUT2D eigenvalue weighted by Crippen LogP contribution is -2.58. The van der Waals surface area contributed by atoms with Crippen molar-refractivity contribution in [3.63, 3.8) is 0 Å². The van der Waals surface area contributed by atoms with Crippen LogP contribution < -0.4 is 10.3 Å². The predicted octanol–water partition coefficient (Wildman–Crippen LogP) is 0.779. The molecule has 3 N–H and O–H groups in total. The Labute approximate surface area is 246 Å². The summed E-state index contributed by atoms with van der Waals surface area (Å²) in [5.41, 5.74) is 3.24. The van der Waals surface area contributed by atoms with Crippen LogP contribution >= 0.6 is 23.2 Å². The first-order valence-corrected chi connectivity index (χ1v) is 15.4. The third kappa shape index (κ3) is 5.15. The molecule has 16 heteroatoms. The highest BCUT2D eigenvalue weighted by atomic mass is 35.5. The molecule has 41 heavy (non-hydrogen) atoms. The normalized spacial score (nSPS) is 29.2. The van der Waals surface area contributed by atoms with Crippen LogP contribution in [0.25, 0.3) is 0 Å². The number of hydrazine groups is 1. The van der Waals surface area contributed by atoms with Gasteiger partial charge in [0, 0.05) is 26.9 Å². The SMILES string of the molecule is CC(=O)N1c2c(ncn2[C@@H]2O[C@H](CCl)C(O)C2O)C(NN2CCC(S(=O)(=O)c3ccccc3)CC2)=NC1(Cl)C(C)=O. The van der Waals surface area contributed by atoms with E-state index in [0.717, 1.165) is 4.90 Å². The summed E-state index contributed by atoms with van der Waals surface area (Å²) in [5, 5.41) is 20.1. The highest BCUT2D eigenvalue weighted by molar-refractivity contribution is 7.92. The fourth-order valence-corrected chi connectivity index (χ4v) is 7.60. The largest absolute Gasteiger partial charge is 0.387 e. The summed E-state index contributed by atoms with van der Waals surface area (Å²) in [5.74, 6) is -1.30. The number of carbonyl (C=O) groups excluding carboxylic acids is 2. The molecule has 4 heterocycles. The van der Waals surface area contributed by atoms with Gasteiger partial charge in [0.05, 0.1) is 22.4 Å². The molecule has 1 aromatic carbocycles. The van der Waals surface area contributed by atoms with Crippen LogP contribution in [0.4, 0.5) is 5.82 Å². The molecule has 5 rings (SSSR count). The number of Topliss-reactive ketones (excluding diaryl/α,β-unsaturated/α-hetero) is 1. The minimum absolute atomic E-state index is 0.0215. The lowest BCUT2D eigenvalue weighted by Gasteiger charge is -2.40. The van der Waals surface area contributed by atoms with Crippen LogP contribution in [0.3, 0.4) is 0 Å². The first-order valence-electron chi connectivity index (χ1n) is 13.0. The zero-order valence-electron chi connectivity index (χ0n) is 22.2. The van der Waals surface area contributed by atoms with Gasteiger partial charge in [0.15, 0.2) is 33.5 Å². The second-order valence-corrected chi connectivity index (χ2v) is 13.2. The smallest absolute Gasteiger partial charge is 0.278 e. The zero-order chi connectivity index (χ0) is 29.7. The Morgan fingerprint density at radius 2 is 1.80 bits per heavy atom. The fourth-order valence-electron chi connectivity index (χ4n) is 5.31. The van der Waals surface area contributed by atoms with Gasteiger partial charge in [0.2, 0.25) is 5.91 Å². The van der Waals surface area contributed by atoms with E-state index in [1.54, 1.807) is 35.3 Å². The molecule has 0 aliphatic carbocycles. The quantitative estimate of drug-likeness (QED) is 0.307. The molecule has 3 unspecified atom stereocenters. The van der Waals surface area contributed by atoms with Crippen molar-refractivity contribution in [1.29, 1.82) is 0 Å². The van der Waals surface area contributed by atoms with E-state index >= 15 is 0 Å². The number of aliphatic hydroxyl groups excluding tert-OH is 2. The number of amides is 1. The molecular weight excluding hydrogens is 599 g/mol. The Kier molecular flexibility index (Phi) is 8.20. The molecule has 3 aliphatic rings. The maximum atomic E-state index is 13.1. The van der Waals surface area contributed by atoms with Crippen molar-refractivity contribution < 1.29 is 33.0 Å². The van der Waals surface area contributed by atoms with Crippen molar-refractivity contribution in [3.8, 4) is 0 Å². The lowest BCUT2D eigenvalue weighted by molar-refractivity contribution is -0.124. The summed E-state index contributed by atoms with van der Waals surface area (Å²) in [4.78, 5) is 35.7. The van der Waals surface area contributed by atoms with E-state index in [0.29, 0.717) is 25.9 Å². The average molecular weight is 630 g/mol. The van der Waals surface area contributed by atoms with Crippen molar-refractivity contribution in [3.05, 3.63) is 42.4 Å². The van der Waals surface area contributed by atoms with Crippen LogP contribution in [-0.4, -0.2) is 98.4 Å². The van der Waals surface area contributed by atoms with E-state index in [9.17, 15) is 28.2 Å². The highest BCUT2D eigenvalue weighted by Crippen LogP contribution is 2.41. The minimum atomic E-state index is -3.51. The number of ketones is 1. The van der Waals surface area contributed by atoms with Gasteiger partial charge in [-0.1, -0.05) is 29.8 Å². The number of rotatable bonds is 6. The summed E-state index contributed by atoms with van der Waals surface area (Å²) >= 11 is 12.6. The second-order valence-electron chi connectivity index (χ2n) is 10.1. The number of benzene rings is 1. The third-order valence-corrected chi connectivity index (χ3v) is 10.6. The van der Waals surface area contributed by atoms with Crippen molar-refractivity contribution in [1.82, 2.24) is 20.0 Å². The van der Waals surface area contributed by atoms with Crippen LogP contribution in [-0.2, 0) is 24.2 Å². The number of piperidine rings is 1. The maximum Gasteiger partial charge on any atom is 0.278 e. The number of aliphatic imine (C=N–C) groups is 1. The van der Waals surface area contributed by atoms with Crippen LogP contribution in [0.5, 0.6) is 0 Å². The molecule has 0 bridgehead atoms. The number of amidine groups is 1. The summed E-state index contributed by atoms with van der Waals surface area (Å²) in [7, 11) is -3.51. The predicted molar refractivity (Wildman–Crippen MR) is 149 cm³/mol. The molecule has 1 aromatic heterocycles. The van der Waals surface area contributed by atoms with Gasteiger partial charge in [-0.15, -0.1) is 11.6 Å². The van der Waals surface area contributed by atoms with Gasteiger partial charge in [0.25, 0.3) is 5.12 Å². The number of sulfone groups is 1. The number of nitrogens with zero attached hydrogens (tertiary/aromatic N) is 5. The fraction of sp³-hybridized carbons (Fsp3) is 0.520. The van der Waals surface area contributed by atoms with Gasteiger partial charge in [-0.3, -0.25) is 19.1 Å².